The van der Waals surface area contributed by atoms with Gasteiger partial charge in [-0.2, -0.15) is 0 Å². The van der Waals surface area contributed by atoms with E-state index in [1.807, 2.05) is 32.9 Å². The molecule has 0 saturated heterocycles. The lowest BCUT2D eigenvalue weighted by atomic mass is 9.86. The van der Waals surface area contributed by atoms with E-state index in [2.05, 4.69) is 0 Å². The minimum Gasteiger partial charge on any atom is -0.482 e. The topological polar surface area (TPSA) is 78.7 Å². The standard InChI is InChI=1S/C19H21NO5/c1-13-11-14(9-10-16(13)20(22)23)24-12-18(21)25-17-8-6-5-7-15(17)19(2,3)4/h5-11H,12H2,1-4H3. The summed E-state index contributed by atoms with van der Waals surface area (Å²) in [4.78, 5) is 22.4. The summed E-state index contributed by atoms with van der Waals surface area (Å²) in [6, 6.07) is 11.7. The van der Waals surface area contributed by atoms with Crippen LogP contribution >= 0.6 is 0 Å². The largest absolute Gasteiger partial charge is 0.482 e. The minimum atomic E-state index is -0.535. The van der Waals surface area contributed by atoms with E-state index in [0.29, 0.717) is 17.1 Å². The van der Waals surface area contributed by atoms with Gasteiger partial charge in [-0.15, -0.1) is 0 Å². The van der Waals surface area contributed by atoms with Crippen LogP contribution in [0.15, 0.2) is 42.5 Å². The van der Waals surface area contributed by atoms with Gasteiger partial charge in [-0.1, -0.05) is 39.0 Å². The maximum absolute atomic E-state index is 12.1. The second-order valence-corrected chi connectivity index (χ2v) is 6.71. The number of carbonyl (C=O) groups excluding carboxylic acids is 1. The van der Waals surface area contributed by atoms with Gasteiger partial charge in [-0.25, -0.2) is 4.79 Å². The molecule has 6 nitrogen and oxygen atoms in total. The molecule has 0 N–H and O–H groups in total. The maximum atomic E-state index is 12.1. The summed E-state index contributed by atoms with van der Waals surface area (Å²) >= 11 is 0. The number of benzene rings is 2. The predicted molar refractivity (Wildman–Crippen MR) is 94.1 cm³/mol. The summed E-state index contributed by atoms with van der Waals surface area (Å²) in [5.41, 5.74) is 1.24. The molecule has 2 aromatic carbocycles. The third kappa shape index (κ3) is 4.79. The van der Waals surface area contributed by atoms with E-state index in [1.54, 1.807) is 19.1 Å². The highest BCUT2D eigenvalue weighted by Gasteiger charge is 2.20. The van der Waals surface area contributed by atoms with Crippen molar-refractivity contribution < 1.29 is 19.2 Å². The van der Waals surface area contributed by atoms with Crippen molar-refractivity contribution in [2.75, 3.05) is 6.61 Å². The normalized spacial score (nSPS) is 11.0. The molecular formula is C19H21NO5. The molecular weight excluding hydrogens is 322 g/mol. The van der Waals surface area contributed by atoms with Gasteiger partial charge in [0.1, 0.15) is 11.5 Å². The van der Waals surface area contributed by atoms with E-state index in [9.17, 15) is 14.9 Å². The highest BCUT2D eigenvalue weighted by molar-refractivity contribution is 5.74. The molecule has 0 unspecified atom stereocenters. The summed E-state index contributed by atoms with van der Waals surface area (Å²) in [6.45, 7) is 7.44. The molecule has 6 heteroatoms. The Morgan fingerprint density at radius 1 is 1.16 bits per heavy atom. The Kier molecular flexibility index (Phi) is 5.41. The van der Waals surface area contributed by atoms with Gasteiger partial charge in [0.15, 0.2) is 6.61 Å². The molecule has 0 radical (unpaired) electrons. The van der Waals surface area contributed by atoms with Crippen molar-refractivity contribution in [3.05, 3.63) is 63.7 Å². The van der Waals surface area contributed by atoms with Gasteiger partial charge >= 0.3 is 5.97 Å². The van der Waals surface area contributed by atoms with Crippen molar-refractivity contribution in [2.24, 2.45) is 0 Å². The van der Waals surface area contributed by atoms with Gasteiger partial charge in [-0.3, -0.25) is 10.1 Å². The van der Waals surface area contributed by atoms with E-state index in [-0.39, 0.29) is 17.7 Å². The number of nitro benzene ring substituents is 1. The third-order valence-electron chi connectivity index (χ3n) is 3.64. The Morgan fingerprint density at radius 3 is 2.44 bits per heavy atom. The summed E-state index contributed by atoms with van der Waals surface area (Å²) < 4.78 is 10.8. The molecule has 0 amide bonds. The lowest BCUT2D eigenvalue weighted by Gasteiger charge is -2.22. The van der Waals surface area contributed by atoms with E-state index in [0.717, 1.165) is 5.56 Å². The fourth-order valence-corrected chi connectivity index (χ4v) is 2.39. The van der Waals surface area contributed by atoms with Crippen molar-refractivity contribution in [3.8, 4) is 11.5 Å². The quantitative estimate of drug-likeness (QED) is 0.352. The smallest absolute Gasteiger partial charge is 0.349 e. The van der Waals surface area contributed by atoms with Gasteiger partial charge in [0.2, 0.25) is 0 Å². The fraction of sp³-hybridized carbons (Fsp3) is 0.316. The monoisotopic (exact) mass is 343 g/mol. The Bertz CT molecular complexity index is 793. The number of carbonyl (C=O) groups is 1. The first-order valence-corrected chi connectivity index (χ1v) is 7.86. The molecule has 132 valence electrons. The number of aryl methyl sites for hydroxylation is 1. The number of ether oxygens (including phenoxy) is 2. The summed E-state index contributed by atoms with van der Waals surface area (Å²) in [5, 5.41) is 10.8. The fourth-order valence-electron chi connectivity index (χ4n) is 2.39. The van der Waals surface area contributed by atoms with Gasteiger partial charge in [0.05, 0.1) is 4.92 Å². The molecule has 0 fully saturated rings. The molecule has 0 aliphatic rings. The van der Waals surface area contributed by atoms with Crippen molar-refractivity contribution >= 4 is 11.7 Å². The Labute approximate surface area is 146 Å². The summed E-state index contributed by atoms with van der Waals surface area (Å²) in [5.74, 6) is 0.348. The second-order valence-electron chi connectivity index (χ2n) is 6.71. The van der Waals surface area contributed by atoms with Crippen LogP contribution in [-0.2, 0) is 10.2 Å². The number of hydrogen-bond acceptors (Lipinski definition) is 5. The van der Waals surface area contributed by atoms with Crippen LogP contribution in [-0.4, -0.2) is 17.5 Å². The second kappa shape index (κ2) is 7.34. The Morgan fingerprint density at radius 2 is 1.84 bits per heavy atom. The van der Waals surface area contributed by atoms with Crippen LogP contribution in [0.3, 0.4) is 0 Å². The number of nitrogens with zero attached hydrogens (tertiary/aromatic N) is 1. The molecule has 2 rings (SSSR count). The van der Waals surface area contributed by atoms with Gasteiger partial charge in [0, 0.05) is 17.2 Å². The van der Waals surface area contributed by atoms with Gasteiger partial charge in [-0.05, 0) is 30.5 Å². The summed E-state index contributed by atoms with van der Waals surface area (Å²) in [7, 11) is 0. The van der Waals surface area contributed by atoms with Crippen molar-refractivity contribution in [1.29, 1.82) is 0 Å². The van der Waals surface area contributed by atoms with Crippen molar-refractivity contribution in [1.82, 2.24) is 0 Å². The van der Waals surface area contributed by atoms with Crippen LogP contribution in [0.5, 0.6) is 11.5 Å². The van der Waals surface area contributed by atoms with Gasteiger partial charge < -0.3 is 9.47 Å². The van der Waals surface area contributed by atoms with Crippen LogP contribution < -0.4 is 9.47 Å². The van der Waals surface area contributed by atoms with Crippen LogP contribution in [0, 0.1) is 17.0 Å². The van der Waals surface area contributed by atoms with E-state index < -0.39 is 10.9 Å². The molecule has 2 aromatic rings. The first-order valence-electron chi connectivity index (χ1n) is 7.86. The van der Waals surface area contributed by atoms with Gasteiger partial charge in [0.25, 0.3) is 5.69 Å². The first-order chi connectivity index (χ1) is 11.7. The first kappa shape index (κ1) is 18.4. The van der Waals surface area contributed by atoms with E-state index >= 15 is 0 Å². The maximum Gasteiger partial charge on any atom is 0.349 e. The number of hydrogen-bond donors (Lipinski definition) is 0. The number of para-hydroxylation sites is 1. The zero-order valence-corrected chi connectivity index (χ0v) is 14.7. The van der Waals surface area contributed by atoms with Crippen LogP contribution in [0.25, 0.3) is 0 Å². The predicted octanol–water partition coefficient (Wildman–Crippen LogP) is 4.19. The minimum absolute atomic E-state index is 0.00836. The molecule has 0 saturated carbocycles. The molecule has 0 atom stereocenters. The number of esters is 1. The average Bonchev–Trinajstić information content (AvgIpc) is 2.52. The van der Waals surface area contributed by atoms with Crippen LogP contribution in [0.1, 0.15) is 31.9 Å². The number of rotatable bonds is 5. The van der Waals surface area contributed by atoms with Crippen LogP contribution in [0.4, 0.5) is 5.69 Å². The molecule has 0 aromatic heterocycles. The van der Waals surface area contributed by atoms with Crippen molar-refractivity contribution in [3.63, 3.8) is 0 Å². The van der Waals surface area contributed by atoms with Crippen LogP contribution in [0.2, 0.25) is 0 Å². The molecule has 0 spiro atoms. The zero-order valence-electron chi connectivity index (χ0n) is 14.7. The number of nitro groups is 1. The third-order valence-corrected chi connectivity index (χ3v) is 3.64. The van der Waals surface area contributed by atoms with Crippen molar-refractivity contribution in [2.45, 2.75) is 33.1 Å². The summed E-state index contributed by atoms with van der Waals surface area (Å²) in [6.07, 6.45) is 0. The Hall–Kier alpha value is -2.89. The molecule has 25 heavy (non-hydrogen) atoms. The van der Waals surface area contributed by atoms with E-state index in [1.165, 1.54) is 18.2 Å². The molecule has 0 heterocycles. The molecule has 0 aliphatic heterocycles. The lowest BCUT2D eigenvalue weighted by molar-refractivity contribution is -0.385. The highest BCUT2D eigenvalue weighted by atomic mass is 16.6. The molecule has 0 bridgehead atoms. The highest BCUT2D eigenvalue weighted by Crippen LogP contribution is 2.31. The molecule has 0 aliphatic carbocycles. The SMILES string of the molecule is Cc1cc(OCC(=O)Oc2ccccc2C(C)(C)C)ccc1[N+](=O)[O-]. The van der Waals surface area contributed by atoms with E-state index in [4.69, 9.17) is 9.47 Å². The average molecular weight is 343 g/mol. The lowest BCUT2D eigenvalue weighted by Crippen LogP contribution is -2.20. The Balaban J connectivity index is 2.03. The zero-order chi connectivity index (χ0) is 18.6.